The summed E-state index contributed by atoms with van der Waals surface area (Å²) in [6.07, 6.45) is 3.57. The number of hydrogen-bond acceptors (Lipinski definition) is 3. The first-order valence-corrected chi connectivity index (χ1v) is 6.56. The summed E-state index contributed by atoms with van der Waals surface area (Å²) in [5.74, 6) is 0. The lowest BCUT2D eigenvalue weighted by molar-refractivity contribution is 0.919. The maximum absolute atomic E-state index is 6.17. The SMILES string of the molecule is CN(Cc1ccncc1)c1ccc(C(N)=S)c(Cl)c1. The van der Waals surface area contributed by atoms with Crippen LogP contribution in [0.4, 0.5) is 5.69 Å². The van der Waals surface area contributed by atoms with Crippen molar-refractivity contribution >= 4 is 34.5 Å². The van der Waals surface area contributed by atoms with Crippen LogP contribution in [-0.4, -0.2) is 17.0 Å². The number of pyridine rings is 1. The first-order valence-electron chi connectivity index (χ1n) is 5.77. The monoisotopic (exact) mass is 291 g/mol. The molecule has 2 aromatic rings. The Balaban J connectivity index is 2.18. The van der Waals surface area contributed by atoms with E-state index in [1.807, 2.05) is 37.4 Å². The Labute approximate surface area is 123 Å². The topological polar surface area (TPSA) is 42.2 Å². The van der Waals surface area contributed by atoms with Crippen molar-refractivity contribution in [1.82, 2.24) is 4.98 Å². The van der Waals surface area contributed by atoms with Crippen LogP contribution >= 0.6 is 23.8 Å². The number of benzene rings is 1. The van der Waals surface area contributed by atoms with Crippen molar-refractivity contribution in [3.05, 3.63) is 58.9 Å². The maximum atomic E-state index is 6.17. The predicted molar refractivity (Wildman–Crippen MR) is 83.7 cm³/mol. The van der Waals surface area contributed by atoms with Gasteiger partial charge in [-0.3, -0.25) is 4.98 Å². The van der Waals surface area contributed by atoms with Gasteiger partial charge in [-0.2, -0.15) is 0 Å². The van der Waals surface area contributed by atoms with Crippen LogP contribution in [0.5, 0.6) is 0 Å². The molecule has 1 aromatic carbocycles. The van der Waals surface area contributed by atoms with Crippen LogP contribution in [0.25, 0.3) is 0 Å². The van der Waals surface area contributed by atoms with Crippen LogP contribution in [0, 0.1) is 0 Å². The smallest absolute Gasteiger partial charge is 0.105 e. The van der Waals surface area contributed by atoms with Crippen LogP contribution < -0.4 is 10.6 Å². The minimum Gasteiger partial charge on any atom is -0.389 e. The molecule has 0 unspecified atom stereocenters. The first kappa shape index (κ1) is 13.8. The summed E-state index contributed by atoms with van der Waals surface area (Å²) in [7, 11) is 2.01. The van der Waals surface area contributed by atoms with Crippen LogP contribution in [0.1, 0.15) is 11.1 Å². The Kier molecular flexibility index (Phi) is 4.35. The molecule has 0 fully saturated rings. The van der Waals surface area contributed by atoms with Gasteiger partial charge in [0.05, 0.1) is 5.02 Å². The molecule has 0 amide bonds. The van der Waals surface area contributed by atoms with Gasteiger partial charge in [-0.1, -0.05) is 23.8 Å². The van der Waals surface area contributed by atoms with Crippen molar-refractivity contribution < 1.29 is 0 Å². The number of hydrogen-bond donors (Lipinski definition) is 1. The molecule has 0 aliphatic carbocycles. The number of anilines is 1. The van der Waals surface area contributed by atoms with E-state index in [9.17, 15) is 0 Å². The third kappa shape index (κ3) is 3.43. The molecular formula is C14H14ClN3S. The van der Waals surface area contributed by atoms with Gasteiger partial charge in [0.1, 0.15) is 4.99 Å². The van der Waals surface area contributed by atoms with E-state index in [1.165, 1.54) is 5.56 Å². The van der Waals surface area contributed by atoms with Crippen molar-refractivity contribution in [3.63, 3.8) is 0 Å². The zero-order valence-corrected chi connectivity index (χ0v) is 12.1. The molecule has 98 valence electrons. The second kappa shape index (κ2) is 5.99. The van der Waals surface area contributed by atoms with E-state index in [2.05, 4.69) is 9.88 Å². The molecule has 0 atom stereocenters. The van der Waals surface area contributed by atoms with Gasteiger partial charge in [0, 0.05) is 37.2 Å². The summed E-state index contributed by atoms with van der Waals surface area (Å²) < 4.78 is 0. The van der Waals surface area contributed by atoms with Gasteiger partial charge in [-0.15, -0.1) is 0 Å². The molecule has 1 aromatic heterocycles. The quantitative estimate of drug-likeness (QED) is 0.880. The normalized spacial score (nSPS) is 10.2. The largest absolute Gasteiger partial charge is 0.389 e. The highest BCUT2D eigenvalue weighted by Crippen LogP contribution is 2.24. The molecule has 3 nitrogen and oxygen atoms in total. The van der Waals surface area contributed by atoms with E-state index in [0.29, 0.717) is 15.6 Å². The minimum atomic E-state index is 0.313. The highest BCUT2D eigenvalue weighted by atomic mass is 35.5. The molecule has 0 saturated carbocycles. The number of rotatable bonds is 4. The molecule has 0 spiro atoms. The second-order valence-corrected chi connectivity index (χ2v) is 5.09. The van der Waals surface area contributed by atoms with E-state index in [-0.39, 0.29) is 0 Å². The molecule has 5 heteroatoms. The zero-order valence-electron chi connectivity index (χ0n) is 10.5. The van der Waals surface area contributed by atoms with Gasteiger partial charge in [-0.25, -0.2) is 0 Å². The Morgan fingerprint density at radius 1 is 1.32 bits per heavy atom. The number of aromatic nitrogens is 1. The van der Waals surface area contributed by atoms with Crippen LogP contribution in [0.3, 0.4) is 0 Å². The minimum absolute atomic E-state index is 0.313. The van der Waals surface area contributed by atoms with Gasteiger partial charge in [0.2, 0.25) is 0 Å². The molecule has 0 bridgehead atoms. The van der Waals surface area contributed by atoms with Gasteiger partial charge in [0.25, 0.3) is 0 Å². The zero-order chi connectivity index (χ0) is 13.8. The van der Waals surface area contributed by atoms with Crippen LogP contribution in [-0.2, 0) is 6.54 Å². The van der Waals surface area contributed by atoms with Crippen LogP contribution in [0.2, 0.25) is 5.02 Å². The molecule has 0 aliphatic rings. The fourth-order valence-electron chi connectivity index (χ4n) is 1.79. The number of halogens is 1. The highest BCUT2D eigenvalue weighted by Gasteiger charge is 2.07. The highest BCUT2D eigenvalue weighted by molar-refractivity contribution is 7.80. The number of nitrogens with zero attached hydrogens (tertiary/aromatic N) is 2. The Morgan fingerprint density at radius 2 is 2.00 bits per heavy atom. The van der Waals surface area contributed by atoms with E-state index < -0.39 is 0 Å². The lowest BCUT2D eigenvalue weighted by atomic mass is 10.2. The Morgan fingerprint density at radius 3 is 2.58 bits per heavy atom. The van der Waals surface area contributed by atoms with Gasteiger partial charge in [0.15, 0.2) is 0 Å². The third-order valence-electron chi connectivity index (χ3n) is 2.83. The average Bonchev–Trinajstić information content (AvgIpc) is 2.39. The average molecular weight is 292 g/mol. The summed E-state index contributed by atoms with van der Waals surface area (Å²) in [6.45, 7) is 0.783. The van der Waals surface area contributed by atoms with Crippen molar-refractivity contribution in [1.29, 1.82) is 0 Å². The molecule has 2 rings (SSSR count). The summed E-state index contributed by atoms with van der Waals surface area (Å²) >= 11 is 11.1. The summed E-state index contributed by atoms with van der Waals surface area (Å²) in [5.41, 5.74) is 8.50. The summed E-state index contributed by atoms with van der Waals surface area (Å²) in [6, 6.07) is 9.66. The Bertz CT molecular complexity index is 586. The lowest BCUT2D eigenvalue weighted by Crippen LogP contribution is -2.17. The molecule has 0 radical (unpaired) electrons. The van der Waals surface area contributed by atoms with Crippen molar-refractivity contribution in [2.75, 3.05) is 11.9 Å². The fraction of sp³-hybridized carbons (Fsp3) is 0.143. The summed E-state index contributed by atoms with van der Waals surface area (Å²) in [4.78, 5) is 6.42. The number of thiocarbonyl (C=S) groups is 1. The lowest BCUT2D eigenvalue weighted by Gasteiger charge is -2.20. The molecule has 1 heterocycles. The van der Waals surface area contributed by atoms with E-state index in [0.717, 1.165) is 12.2 Å². The van der Waals surface area contributed by atoms with E-state index >= 15 is 0 Å². The van der Waals surface area contributed by atoms with Crippen molar-refractivity contribution in [2.45, 2.75) is 6.54 Å². The van der Waals surface area contributed by atoms with E-state index in [1.54, 1.807) is 12.4 Å². The van der Waals surface area contributed by atoms with Crippen molar-refractivity contribution in [3.8, 4) is 0 Å². The predicted octanol–water partition coefficient (Wildman–Crippen LogP) is 3.01. The molecule has 19 heavy (non-hydrogen) atoms. The standard InChI is InChI=1S/C14H14ClN3S/c1-18(9-10-4-6-17-7-5-10)11-2-3-12(14(16)19)13(15)8-11/h2-8H,9H2,1H3,(H2,16,19). The molecular weight excluding hydrogens is 278 g/mol. The first-order chi connectivity index (χ1) is 9.08. The maximum Gasteiger partial charge on any atom is 0.105 e. The fourth-order valence-corrected chi connectivity index (χ4v) is 2.31. The number of nitrogens with two attached hydrogens (primary N) is 1. The van der Waals surface area contributed by atoms with Crippen molar-refractivity contribution in [2.24, 2.45) is 5.73 Å². The van der Waals surface area contributed by atoms with E-state index in [4.69, 9.17) is 29.6 Å². The molecule has 0 saturated heterocycles. The molecule has 2 N–H and O–H groups in total. The Hall–Kier alpha value is -1.65. The van der Waals surface area contributed by atoms with Gasteiger partial charge < -0.3 is 10.6 Å². The van der Waals surface area contributed by atoms with Gasteiger partial charge >= 0.3 is 0 Å². The summed E-state index contributed by atoms with van der Waals surface area (Å²) in [5, 5.41) is 0.576. The third-order valence-corrected chi connectivity index (χ3v) is 3.36. The van der Waals surface area contributed by atoms with Gasteiger partial charge in [-0.05, 0) is 35.9 Å². The second-order valence-electron chi connectivity index (χ2n) is 4.24. The molecule has 0 aliphatic heterocycles. The van der Waals surface area contributed by atoms with Crippen LogP contribution in [0.15, 0.2) is 42.7 Å².